The molecule has 0 bridgehead atoms. The predicted octanol–water partition coefficient (Wildman–Crippen LogP) is 2.90. The highest BCUT2D eigenvalue weighted by Crippen LogP contribution is 2.28. The van der Waals surface area contributed by atoms with Crippen LogP contribution < -0.4 is 10.6 Å². The summed E-state index contributed by atoms with van der Waals surface area (Å²) >= 11 is 0. The van der Waals surface area contributed by atoms with E-state index >= 15 is 0 Å². The van der Waals surface area contributed by atoms with Gasteiger partial charge in [-0.2, -0.15) is 0 Å². The van der Waals surface area contributed by atoms with Gasteiger partial charge in [-0.25, -0.2) is 14.4 Å². The van der Waals surface area contributed by atoms with Gasteiger partial charge in [0.25, 0.3) is 5.91 Å². The molecule has 140 valence electrons. The first-order valence-corrected chi connectivity index (χ1v) is 9.19. The zero-order valence-corrected chi connectivity index (χ0v) is 15.2. The van der Waals surface area contributed by atoms with Crippen LogP contribution in [0.5, 0.6) is 0 Å². The highest BCUT2D eigenvalue weighted by atomic mass is 19.1. The Balaban J connectivity index is 1.32. The quantitative estimate of drug-likeness (QED) is 0.674. The van der Waals surface area contributed by atoms with Gasteiger partial charge in [-0.15, -0.1) is 0 Å². The molecule has 2 aromatic heterocycles. The second-order valence-corrected chi connectivity index (χ2v) is 6.98. The maximum Gasteiger partial charge on any atom is 0.252 e. The minimum absolute atomic E-state index is 0.166. The van der Waals surface area contributed by atoms with Gasteiger partial charge in [-0.3, -0.25) is 4.79 Å². The third-order valence-corrected chi connectivity index (χ3v) is 4.86. The molecule has 0 unspecified atom stereocenters. The molecule has 3 aromatic rings. The number of aryl methyl sites for hydroxylation is 1. The molecule has 0 radical (unpaired) electrons. The molecule has 0 saturated heterocycles. The van der Waals surface area contributed by atoms with E-state index in [1.165, 1.54) is 25.0 Å². The minimum Gasteiger partial charge on any atom is -0.370 e. The van der Waals surface area contributed by atoms with E-state index in [0.717, 1.165) is 35.1 Å². The van der Waals surface area contributed by atoms with Gasteiger partial charge in [0.1, 0.15) is 17.5 Å². The topological polar surface area (TPSA) is 71.8 Å². The summed E-state index contributed by atoms with van der Waals surface area (Å²) in [5.74, 6) is 1.92. The van der Waals surface area contributed by atoms with Crippen molar-refractivity contribution in [2.45, 2.75) is 19.3 Å². The number of rotatable bonds is 7. The molecule has 0 atom stereocenters. The van der Waals surface area contributed by atoms with E-state index in [0.29, 0.717) is 18.5 Å². The van der Waals surface area contributed by atoms with Crippen molar-refractivity contribution < 1.29 is 9.18 Å². The van der Waals surface area contributed by atoms with Gasteiger partial charge < -0.3 is 15.2 Å². The number of hydrogen-bond acceptors (Lipinski definition) is 4. The fraction of sp³-hybridized carbons (Fsp3) is 0.350. The van der Waals surface area contributed by atoms with E-state index in [1.807, 2.05) is 17.7 Å². The first-order chi connectivity index (χ1) is 13.1. The summed E-state index contributed by atoms with van der Waals surface area (Å²) in [6, 6.07) is 8.13. The Morgan fingerprint density at radius 3 is 2.89 bits per heavy atom. The lowest BCUT2D eigenvalue weighted by atomic mass is 10.2. The van der Waals surface area contributed by atoms with E-state index in [-0.39, 0.29) is 11.7 Å². The lowest BCUT2D eigenvalue weighted by molar-refractivity contribution is 0.0953. The van der Waals surface area contributed by atoms with Crippen molar-refractivity contribution in [1.82, 2.24) is 19.9 Å². The Morgan fingerprint density at radius 2 is 2.15 bits per heavy atom. The standard InChI is InChI=1S/C20H22FN5O/c1-26-17-10-15(21)5-6-16(17)25-19(26)8-9-22-20(27)14-4-7-18(24-12-14)23-11-13-2-3-13/h4-7,10,12-13H,2-3,8-9,11H2,1H3,(H,22,27)(H,23,24). The molecule has 0 spiro atoms. The van der Waals surface area contributed by atoms with Crippen molar-refractivity contribution in [3.05, 3.63) is 53.7 Å². The Labute approximate surface area is 156 Å². The molecule has 4 rings (SSSR count). The van der Waals surface area contributed by atoms with Crippen molar-refractivity contribution in [3.63, 3.8) is 0 Å². The Kier molecular flexibility index (Phi) is 4.75. The second-order valence-electron chi connectivity index (χ2n) is 6.98. The van der Waals surface area contributed by atoms with Crippen LogP contribution in [0.2, 0.25) is 0 Å². The van der Waals surface area contributed by atoms with E-state index in [2.05, 4.69) is 20.6 Å². The van der Waals surface area contributed by atoms with Crippen LogP contribution in [-0.4, -0.2) is 33.5 Å². The fourth-order valence-corrected chi connectivity index (χ4v) is 3.03. The van der Waals surface area contributed by atoms with Gasteiger partial charge in [0.2, 0.25) is 0 Å². The number of halogens is 1. The normalized spacial score (nSPS) is 13.7. The lowest BCUT2D eigenvalue weighted by Gasteiger charge is -2.07. The van der Waals surface area contributed by atoms with Crippen LogP contribution in [-0.2, 0) is 13.5 Å². The fourth-order valence-electron chi connectivity index (χ4n) is 3.03. The number of nitrogens with zero attached hydrogens (tertiary/aromatic N) is 3. The molecule has 1 saturated carbocycles. The summed E-state index contributed by atoms with van der Waals surface area (Å²) in [6.07, 6.45) is 4.72. The number of nitrogens with one attached hydrogen (secondary N) is 2. The molecule has 2 N–H and O–H groups in total. The Morgan fingerprint density at radius 1 is 1.30 bits per heavy atom. The molecule has 1 aliphatic rings. The number of carbonyl (C=O) groups is 1. The summed E-state index contributed by atoms with van der Waals surface area (Å²) in [5, 5.41) is 6.16. The zero-order chi connectivity index (χ0) is 18.8. The Hall–Kier alpha value is -2.96. The summed E-state index contributed by atoms with van der Waals surface area (Å²) in [5.41, 5.74) is 2.02. The van der Waals surface area contributed by atoms with Gasteiger partial charge in [-0.1, -0.05) is 0 Å². The van der Waals surface area contributed by atoms with Gasteiger partial charge >= 0.3 is 0 Å². The molecule has 1 fully saturated rings. The molecule has 1 amide bonds. The predicted molar refractivity (Wildman–Crippen MR) is 102 cm³/mol. The van der Waals surface area contributed by atoms with E-state index in [9.17, 15) is 9.18 Å². The number of benzene rings is 1. The van der Waals surface area contributed by atoms with Crippen LogP contribution in [0.4, 0.5) is 10.2 Å². The number of hydrogen-bond donors (Lipinski definition) is 2. The first-order valence-electron chi connectivity index (χ1n) is 9.19. The van der Waals surface area contributed by atoms with Gasteiger partial charge in [-0.05, 0) is 49.1 Å². The average molecular weight is 367 g/mol. The molecule has 27 heavy (non-hydrogen) atoms. The summed E-state index contributed by atoms with van der Waals surface area (Å²) < 4.78 is 15.2. The summed E-state index contributed by atoms with van der Waals surface area (Å²) in [6.45, 7) is 1.39. The first kappa shape index (κ1) is 17.5. The highest BCUT2D eigenvalue weighted by Gasteiger charge is 2.20. The molecule has 6 nitrogen and oxygen atoms in total. The summed E-state index contributed by atoms with van der Waals surface area (Å²) in [7, 11) is 1.85. The van der Waals surface area contributed by atoms with Crippen LogP contribution >= 0.6 is 0 Å². The number of pyridine rings is 1. The maximum absolute atomic E-state index is 13.4. The molecule has 1 aliphatic carbocycles. The third-order valence-electron chi connectivity index (χ3n) is 4.86. The second kappa shape index (κ2) is 7.34. The number of carbonyl (C=O) groups excluding carboxylic acids is 1. The zero-order valence-electron chi connectivity index (χ0n) is 15.2. The van der Waals surface area contributed by atoms with Crippen LogP contribution in [0.3, 0.4) is 0 Å². The SMILES string of the molecule is Cn1c(CCNC(=O)c2ccc(NCC3CC3)nc2)nc2ccc(F)cc21. The molecule has 1 aromatic carbocycles. The van der Waals surface area contributed by atoms with Gasteiger partial charge in [0.15, 0.2) is 0 Å². The van der Waals surface area contributed by atoms with Gasteiger partial charge in [0.05, 0.1) is 16.6 Å². The number of anilines is 1. The highest BCUT2D eigenvalue weighted by molar-refractivity contribution is 5.94. The largest absolute Gasteiger partial charge is 0.370 e. The molecule has 2 heterocycles. The van der Waals surface area contributed by atoms with E-state index in [4.69, 9.17) is 0 Å². The number of aromatic nitrogens is 3. The Bertz CT molecular complexity index is 962. The number of imidazole rings is 1. The van der Waals surface area contributed by atoms with Crippen LogP contribution in [0, 0.1) is 11.7 Å². The smallest absolute Gasteiger partial charge is 0.252 e. The molecule has 0 aliphatic heterocycles. The van der Waals surface area contributed by atoms with Crippen LogP contribution in [0.15, 0.2) is 36.5 Å². The van der Waals surface area contributed by atoms with Crippen molar-refractivity contribution in [3.8, 4) is 0 Å². The van der Waals surface area contributed by atoms with Crippen molar-refractivity contribution in [2.24, 2.45) is 13.0 Å². The number of amides is 1. The van der Waals surface area contributed by atoms with Crippen LogP contribution in [0.25, 0.3) is 11.0 Å². The number of fused-ring (bicyclic) bond motifs is 1. The van der Waals surface area contributed by atoms with Crippen LogP contribution in [0.1, 0.15) is 29.0 Å². The molecular weight excluding hydrogens is 345 g/mol. The lowest BCUT2D eigenvalue weighted by Crippen LogP contribution is -2.26. The van der Waals surface area contributed by atoms with Crippen molar-refractivity contribution >= 4 is 22.8 Å². The van der Waals surface area contributed by atoms with E-state index in [1.54, 1.807) is 18.3 Å². The van der Waals surface area contributed by atoms with Gasteiger partial charge in [0, 0.05) is 32.8 Å². The third kappa shape index (κ3) is 4.07. The van der Waals surface area contributed by atoms with Crippen molar-refractivity contribution in [2.75, 3.05) is 18.4 Å². The maximum atomic E-state index is 13.4. The van der Waals surface area contributed by atoms with Crippen molar-refractivity contribution in [1.29, 1.82) is 0 Å². The average Bonchev–Trinajstić information content (AvgIpc) is 3.46. The summed E-state index contributed by atoms with van der Waals surface area (Å²) in [4.78, 5) is 21.1. The monoisotopic (exact) mass is 367 g/mol. The van der Waals surface area contributed by atoms with E-state index < -0.39 is 0 Å². The minimum atomic E-state index is -0.284. The molecular formula is C20H22FN5O. The molecule has 7 heteroatoms.